The van der Waals surface area contributed by atoms with E-state index in [2.05, 4.69) is 4.98 Å². The van der Waals surface area contributed by atoms with Gasteiger partial charge < -0.3 is 9.52 Å². The van der Waals surface area contributed by atoms with Gasteiger partial charge in [0, 0.05) is 12.8 Å². The topological polar surface area (TPSA) is 80.4 Å². The summed E-state index contributed by atoms with van der Waals surface area (Å²) in [6, 6.07) is 0. The number of carbonyl (C=O) groups is 2. The van der Waals surface area contributed by atoms with Crippen molar-refractivity contribution in [3.05, 3.63) is 17.3 Å². The number of rotatable bonds is 8. The summed E-state index contributed by atoms with van der Waals surface area (Å²) in [6.45, 7) is 3.15. The average molecular weight is 321 g/mol. The third-order valence-electron chi connectivity index (χ3n) is 4.81. The number of ketones is 1. The van der Waals surface area contributed by atoms with Crippen molar-refractivity contribution >= 4 is 11.8 Å². The van der Waals surface area contributed by atoms with Crippen LogP contribution in [0.2, 0.25) is 0 Å². The van der Waals surface area contributed by atoms with Gasteiger partial charge in [-0.2, -0.15) is 0 Å². The number of oxazole rings is 1. The fraction of sp³-hybridized carbons (Fsp3) is 0.722. The maximum Gasteiger partial charge on any atom is 0.304 e. The van der Waals surface area contributed by atoms with Crippen LogP contribution in [0.1, 0.15) is 92.8 Å². The fourth-order valence-electron chi connectivity index (χ4n) is 3.57. The summed E-state index contributed by atoms with van der Waals surface area (Å²) in [6.07, 6.45) is 9.49. The molecule has 1 aromatic rings. The molecule has 0 amide bonds. The molecule has 1 aliphatic carbocycles. The van der Waals surface area contributed by atoms with Gasteiger partial charge in [0.25, 0.3) is 0 Å². The minimum Gasteiger partial charge on any atom is -0.481 e. The zero-order chi connectivity index (χ0) is 16.8. The Kier molecular flexibility index (Phi) is 6.37. The van der Waals surface area contributed by atoms with Crippen molar-refractivity contribution in [2.75, 3.05) is 0 Å². The Bertz CT molecular complexity index is 543. The predicted octanol–water partition coefficient (Wildman–Crippen LogP) is 4.49. The van der Waals surface area contributed by atoms with Gasteiger partial charge in [0.15, 0.2) is 11.7 Å². The number of hydrogen-bond acceptors (Lipinski definition) is 4. The van der Waals surface area contributed by atoms with E-state index in [9.17, 15) is 9.59 Å². The molecule has 2 rings (SSSR count). The summed E-state index contributed by atoms with van der Waals surface area (Å²) in [5, 5.41) is 9.14. The van der Waals surface area contributed by atoms with Crippen LogP contribution in [0, 0.1) is 12.8 Å². The van der Waals surface area contributed by atoms with Crippen molar-refractivity contribution in [2.24, 2.45) is 5.92 Å². The molecule has 0 unspecified atom stereocenters. The zero-order valence-electron chi connectivity index (χ0n) is 14.1. The van der Waals surface area contributed by atoms with Crippen LogP contribution in [-0.2, 0) is 4.79 Å². The number of aryl methyl sites for hydroxylation is 1. The number of nitrogens with zero attached hydrogens (tertiary/aromatic N) is 1. The highest BCUT2D eigenvalue weighted by molar-refractivity contribution is 5.93. The third kappa shape index (κ3) is 5.19. The molecule has 1 N–H and O–H groups in total. The van der Waals surface area contributed by atoms with Crippen molar-refractivity contribution in [2.45, 2.75) is 77.6 Å². The molecule has 0 spiro atoms. The molecule has 0 aromatic carbocycles. The number of aromatic nitrogens is 1. The SMILES string of the molecule is CC(=O)c1nc([C@H](CCCC2CCCCC2)CC(=O)O)oc1C. The van der Waals surface area contributed by atoms with E-state index in [0.717, 1.165) is 25.2 Å². The molecule has 1 heterocycles. The van der Waals surface area contributed by atoms with Gasteiger partial charge in [-0.25, -0.2) is 4.98 Å². The maximum atomic E-state index is 11.5. The van der Waals surface area contributed by atoms with Crippen LogP contribution < -0.4 is 0 Å². The molecule has 1 fully saturated rings. The lowest BCUT2D eigenvalue weighted by Crippen LogP contribution is -2.10. The highest BCUT2D eigenvalue weighted by atomic mass is 16.4. The van der Waals surface area contributed by atoms with Gasteiger partial charge in [-0.1, -0.05) is 44.9 Å². The van der Waals surface area contributed by atoms with Crippen molar-refractivity contribution in [1.82, 2.24) is 4.98 Å². The van der Waals surface area contributed by atoms with Gasteiger partial charge in [0.1, 0.15) is 11.5 Å². The maximum absolute atomic E-state index is 11.5. The Labute approximate surface area is 137 Å². The molecule has 1 aliphatic rings. The van der Waals surface area contributed by atoms with Crippen LogP contribution in [0.15, 0.2) is 4.42 Å². The van der Waals surface area contributed by atoms with Crippen molar-refractivity contribution in [3.8, 4) is 0 Å². The van der Waals surface area contributed by atoms with Gasteiger partial charge in [-0.05, 0) is 19.3 Å². The summed E-state index contributed by atoms with van der Waals surface area (Å²) >= 11 is 0. The first-order chi connectivity index (χ1) is 11.0. The van der Waals surface area contributed by atoms with Gasteiger partial charge in [0.2, 0.25) is 0 Å². The van der Waals surface area contributed by atoms with E-state index in [1.54, 1.807) is 6.92 Å². The van der Waals surface area contributed by atoms with Gasteiger partial charge >= 0.3 is 5.97 Å². The van der Waals surface area contributed by atoms with E-state index in [-0.39, 0.29) is 18.1 Å². The van der Waals surface area contributed by atoms with Crippen LogP contribution in [0.4, 0.5) is 0 Å². The van der Waals surface area contributed by atoms with Crippen LogP contribution in [0.25, 0.3) is 0 Å². The lowest BCUT2D eigenvalue weighted by atomic mass is 9.84. The first-order valence-electron chi connectivity index (χ1n) is 8.67. The first-order valence-corrected chi connectivity index (χ1v) is 8.67. The largest absolute Gasteiger partial charge is 0.481 e. The van der Waals surface area contributed by atoms with Crippen LogP contribution in [-0.4, -0.2) is 21.8 Å². The van der Waals surface area contributed by atoms with Crippen molar-refractivity contribution in [1.29, 1.82) is 0 Å². The Balaban J connectivity index is 1.97. The normalized spacial score (nSPS) is 17.1. The van der Waals surface area contributed by atoms with E-state index in [4.69, 9.17) is 9.52 Å². The van der Waals surface area contributed by atoms with E-state index in [0.29, 0.717) is 17.3 Å². The van der Waals surface area contributed by atoms with E-state index < -0.39 is 5.97 Å². The summed E-state index contributed by atoms with van der Waals surface area (Å²) in [5.41, 5.74) is 0.322. The Morgan fingerprint density at radius 3 is 2.57 bits per heavy atom. The minimum absolute atomic E-state index is 0.00195. The molecule has 5 nitrogen and oxygen atoms in total. The number of carboxylic acid groups (broad SMARTS) is 1. The van der Waals surface area contributed by atoms with Crippen LogP contribution in [0.3, 0.4) is 0 Å². The standard InChI is InChI=1S/C18H27NO4/c1-12(20)17-13(2)23-18(19-17)15(11-16(21)22)10-6-9-14-7-4-3-5-8-14/h14-15H,3-11H2,1-2H3,(H,21,22)/t15-/m1/s1. The van der Waals surface area contributed by atoms with Crippen molar-refractivity contribution < 1.29 is 19.1 Å². The summed E-state index contributed by atoms with van der Waals surface area (Å²) in [5.74, 6) is 0.423. The number of aliphatic carboxylic acids is 1. The molecular weight excluding hydrogens is 294 g/mol. The average Bonchev–Trinajstić information content (AvgIpc) is 2.89. The second-order valence-electron chi connectivity index (χ2n) is 6.74. The highest BCUT2D eigenvalue weighted by Crippen LogP contribution is 2.31. The van der Waals surface area contributed by atoms with Gasteiger partial charge in [-0.15, -0.1) is 0 Å². The molecule has 23 heavy (non-hydrogen) atoms. The summed E-state index contributed by atoms with van der Waals surface area (Å²) < 4.78 is 5.59. The molecule has 0 radical (unpaired) electrons. The number of hydrogen-bond donors (Lipinski definition) is 1. The highest BCUT2D eigenvalue weighted by Gasteiger charge is 2.24. The predicted molar refractivity (Wildman–Crippen MR) is 86.7 cm³/mol. The molecule has 0 bridgehead atoms. The summed E-state index contributed by atoms with van der Waals surface area (Å²) in [4.78, 5) is 26.9. The second-order valence-corrected chi connectivity index (χ2v) is 6.74. The molecule has 128 valence electrons. The quantitative estimate of drug-likeness (QED) is 0.713. The van der Waals surface area contributed by atoms with Crippen LogP contribution in [0.5, 0.6) is 0 Å². The fourth-order valence-corrected chi connectivity index (χ4v) is 3.57. The molecule has 5 heteroatoms. The molecule has 1 atom stereocenters. The summed E-state index contributed by atoms with van der Waals surface area (Å²) in [7, 11) is 0. The molecule has 1 saturated carbocycles. The van der Waals surface area contributed by atoms with E-state index >= 15 is 0 Å². The zero-order valence-corrected chi connectivity index (χ0v) is 14.1. The Hall–Kier alpha value is -1.65. The second kappa shape index (κ2) is 8.27. The van der Waals surface area contributed by atoms with Crippen LogP contribution >= 0.6 is 0 Å². The van der Waals surface area contributed by atoms with Crippen molar-refractivity contribution in [3.63, 3.8) is 0 Å². The molecule has 0 saturated heterocycles. The number of carboxylic acids is 1. The lowest BCUT2D eigenvalue weighted by molar-refractivity contribution is -0.137. The molecule has 0 aliphatic heterocycles. The number of carbonyl (C=O) groups excluding carboxylic acids is 1. The smallest absolute Gasteiger partial charge is 0.304 e. The Morgan fingerprint density at radius 2 is 2.00 bits per heavy atom. The monoisotopic (exact) mass is 321 g/mol. The first kappa shape index (κ1) is 17.7. The minimum atomic E-state index is -0.854. The molecular formula is C18H27NO4. The Morgan fingerprint density at radius 1 is 1.30 bits per heavy atom. The van der Waals surface area contributed by atoms with Gasteiger partial charge in [-0.3, -0.25) is 9.59 Å². The number of Topliss-reactive ketones (excluding diaryl/α,β-unsaturated/α-hetero) is 1. The lowest BCUT2D eigenvalue weighted by Gasteiger charge is -2.22. The van der Waals surface area contributed by atoms with E-state index in [1.807, 2.05) is 0 Å². The van der Waals surface area contributed by atoms with E-state index in [1.165, 1.54) is 39.0 Å². The molecule has 1 aromatic heterocycles. The van der Waals surface area contributed by atoms with Gasteiger partial charge in [0.05, 0.1) is 6.42 Å². The third-order valence-corrected chi connectivity index (χ3v) is 4.81.